The molecular weight excluding hydrogens is 334 g/mol. The SMILES string of the molecule is CC[C@H](Oc1ccc2ccccc2c1)C(=O)NCCCc1cccc(C)c1. The highest BCUT2D eigenvalue weighted by molar-refractivity contribution is 5.84. The molecule has 140 valence electrons. The van der Waals surface area contributed by atoms with Crippen molar-refractivity contribution in [3.63, 3.8) is 0 Å². The van der Waals surface area contributed by atoms with Gasteiger partial charge in [0.1, 0.15) is 5.75 Å². The van der Waals surface area contributed by atoms with Crippen molar-refractivity contribution >= 4 is 16.7 Å². The molecule has 0 spiro atoms. The maximum atomic E-state index is 12.5. The van der Waals surface area contributed by atoms with Crippen LogP contribution in [0.4, 0.5) is 0 Å². The highest BCUT2D eigenvalue weighted by atomic mass is 16.5. The van der Waals surface area contributed by atoms with Crippen LogP contribution in [0.15, 0.2) is 66.7 Å². The molecule has 0 heterocycles. The minimum absolute atomic E-state index is 0.0464. The zero-order valence-corrected chi connectivity index (χ0v) is 16.1. The van der Waals surface area contributed by atoms with Crippen molar-refractivity contribution < 1.29 is 9.53 Å². The molecule has 0 aliphatic heterocycles. The lowest BCUT2D eigenvalue weighted by atomic mass is 10.1. The summed E-state index contributed by atoms with van der Waals surface area (Å²) in [5, 5.41) is 5.29. The second-order valence-corrected chi connectivity index (χ2v) is 6.91. The van der Waals surface area contributed by atoms with Crippen molar-refractivity contribution in [1.82, 2.24) is 5.32 Å². The normalized spacial score (nSPS) is 11.9. The van der Waals surface area contributed by atoms with Gasteiger partial charge in [0.05, 0.1) is 0 Å². The summed E-state index contributed by atoms with van der Waals surface area (Å²) >= 11 is 0. The fourth-order valence-corrected chi connectivity index (χ4v) is 3.21. The third-order valence-corrected chi connectivity index (χ3v) is 4.69. The van der Waals surface area contributed by atoms with Crippen molar-refractivity contribution in [2.24, 2.45) is 0 Å². The van der Waals surface area contributed by atoms with Crippen LogP contribution in [0.25, 0.3) is 10.8 Å². The van der Waals surface area contributed by atoms with Crippen LogP contribution in [0.5, 0.6) is 5.75 Å². The number of aryl methyl sites for hydroxylation is 2. The van der Waals surface area contributed by atoms with Crippen molar-refractivity contribution in [2.75, 3.05) is 6.54 Å². The number of rotatable bonds is 8. The van der Waals surface area contributed by atoms with E-state index >= 15 is 0 Å². The van der Waals surface area contributed by atoms with Gasteiger partial charge in [-0.3, -0.25) is 4.79 Å². The molecule has 1 N–H and O–H groups in total. The molecular formula is C24H27NO2. The number of carbonyl (C=O) groups excluding carboxylic acids is 1. The summed E-state index contributed by atoms with van der Waals surface area (Å²) in [7, 11) is 0. The van der Waals surface area contributed by atoms with Gasteiger partial charge >= 0.3 is 0 Å². The average molecular weight is 361 g/mol. The molecule has 3 aromatic rings. The zero-order valence-electron chi connectivity index (χ0n) is 16.1. The van der Waals surface area contributed by atoms with Crippen LogP contribution >= 0.6 is 0 Å². The summed E-state index contributed by atoms with van der Waals surface area (Å²) in [6, 6.07) is 22.6. The second kappa shape index (κ2) is 9.22. The Labute approximate surface area is 161 Å². The molecule has 3 rings (SSSR count). The van der Waals surface area contributed by atoms with Crippen LogP contribution in [0.2, 0.25) is 0 Å². The van der Waals surface area contributed by atoms with E-state index in [2.05, 4.69) is 48.6 Å². The van der Waals surface area contributed by atoms with Gasteiger partial charge in [0, 0.05) is 6.54 Å². The number of carbonyl (C=O) groups is 1. The summed E-state index contributed by atoms with van der Waals surface area (Å²) in [5.41, 5.74) is 2.58. The fraction of sp³-hybridized carbons (Fsp3) is 0.292. The first-order chi connectivity index (χ1) is 13.2. The van der Waals surface area contributed by atoms with Gasteiger partial charge in [-0.25, -0.2) is 0 Å². The Morgan fingerprint density at radius 2 is 1.81 bits per heavy atom. The fourth-order valence-electron chi connectivity index (χ4n) is 3.21. The van der Waals surface area contributed by atoms with E-state index in [4.69, 9.17) is 4.74 Å². The topological polar surface area (TPSA) is 38.3 Å². The molecule has 0 saturated carbocycles. The Hall–Kier alpha value is -2.81. The molecule has 1 amide bonds. The predicted octanol–water partition coefficient (Wildman–Crippen LogP) is 5.05. The van der Waals surface area contributed by atoms with E-state index < -0.39 is 6.10 Å². The summed E-state index contributed by atoms with van der Waals surface area (Å²) in [6.07, 6.45) is 2.05. The lowest BCUT2D eigenvalue weighted by molar-refractivity contribution is -0.128. The summed E-state index contributed by atoms with van der Waals surface area (Å²) in [4.78, 5) is 12.5. The molecule has 0 unspecified atom stereocenters. The van der Waals surface area contributed by atoms with Gasteiger partial charge in [-0.05, 0) is 54.7 Å². The molecule has 0 radical (unpaired) electrons. The maximum absolute atomic E-state index is 12.5. The van der Waals surface area contributed by atoms with Crippen LogP contribution < -0.4 is 10.1 Å². The first kappa shape index (κ1) is 19.0. The first-order valence-corrected chi connectivity index (χ1v) is 9.64. The number of ether oxygens (including phenoxy) is 1. The maximum Gasteiger partial charge on any atom is 0.261 e. The van der Waals surface area contributed by atoms with Gasteiger partial charge in [0.25, 0.3) is 5.91 Å². The molecule has 0 fully saturated rings. The minimum atomic E-state index is -0.467. The molecule has 0 aliphatic carbocycles. The molecule has 0 aliphatic rings. The Morgan fingerprint density at radius 1 is 1.00 bits per heavy atom. The lowest BCUT2D eigenvalue weighted by Gasteiger charge is -2.17. The quantitative estimate of drug-likeness (QED) is 0.570. The second-order valence-electron chi connectivity index (χ2n) is 6.91. The summed E-state index contributed by atoms with van der Waals surface area (Å²) in [5.74, 6) is 0.686. The summed E-state index contributed by atoms with van der Waals surface area (Å²) in [6.45, 7) is 4.73. The number of amides is 1. The number of fused-ring (bicyclic) bond motifs is 1. The summed E-state index contributed by atoms with van der Waals surface area (Å²) < 4.78 is 5.95. The molecule has 1 atom stereocenters. The van der Waals surface area contributed by atoms with Gasteiger partial charge in [-0.15, -0.1) is 0 Å². The third kappa shape index (κ3) is 5.33. The Balaban J connectivity index is 1.50. The van der Waals surface area contributed by atoms with Gasteiger partial charge in [-0.2, -0.15) is 0 Å². The van der Waals surface area contributed by atoms with E-state index in [0.717, 1.165) is 24.0 Å². The van der Waals surface area contributed by atoms with Crippen LogP contribution in [-0.4, -0.2) is 18.6 Å². The van der Waals surface area contributed by atoms with Crippen LogP contribution in [0, 0.1) is 6.92 Å². The molecule has 3 aromatic carbocycles. The number of nitrogens with one attached hydrogen (secondary N) is 1. The van der Waals surface area contributed by atoms with Gasteiger partial charge in [-0.1, -0.05) is 67.1 Å². The molecule has 3 heteroatoms. The third-order valence-electron chi connectivity index (χ3n) is 4.69. The van der Waals surface area contributed by atoms with Crippen molar-refractivity contribution in [3.05, 3.63) is 77.9 Å². The molecule has 27 heavy (non-hydrogen) atoms. The molecule has 0 saturated heterocycles. The van der Waals surface area contributed by atoms with E-state index in [1.165, 1.54) is 16.5 Å². The smallest absolute Gasteiger partial charge is 0.261 e. The van der Waals surface area contributed by atoms with E-state index in [9.17, 15) is 4.79 Å². The van der Waals surface area contributed by atoms with E-state index in [-0.39, 0.29) is 5.91 Å². The van der Waals surface area contributed by atoms with E-state index in [1.807, 2.05) is 37.3 Å². The van der Waals surface area contributed by atoms with Gasteiger partial charge in [0.2, 0.25) is 0 Å². The van der Waals surface area contributed by atoms with Crippen molar-refractivity contribution in [1.29, 1.82) is 0 Å². The number of hydrogen-bond donors (Lipinski definition) is 1. The van der Waals surface area contributed by atoms with Gasteiger partial charge in [0.15, 0.2) is 6.10 Å². The standard InChI is InChI=1S/C24H27NO2/c1-3-23(27-22-14-13-20-11-4-5-12-21(20)17-22)24(26)25-15-7-10-19-9-6-8-18(2)16-19/h4-6,8-9,11-14,16-17,23H,3,7,10,15H2,1-2H3,(H,25,26)/t23-/m0/s1. The largest absolute Gasteiger partial charge is 0.481 e. The Bertz CT molecular complexity index is 904. The van der Waals surface area contributed by atoms with Crippen molar-refractivity contribution in [2.45, 2.75) is 39.2 Å². The average Bonchev–Trinajstić information content (AvgIpc) is 2.69. The Kier molecular flexibility index (Phi) is 6.48. The minimum Gasteiger partial charge on any atom is -0.481 e. The Morgan fingerprint density at radius 3 is 2.59 bits per heavy atom. The van der Waals surface area contributed by atoms with Crippen molar-refractivity contribution in [3.8, 4) is 5.75 Å². The van der Waals surface area contributed by atoms with E-state index in [0.29, 0.717) is 13.0 Å². The monoisotopic (exact) mass is 361 g/mol. The molecule has 3 nitrogen and oxygen atoms in total. The highest BCUT2D eigenvalue weighted by Gasteiger charge is 2.17. The van der Waals surface area contributed by atoms with Crippen LogP contribution in [0.1, 0.15) is 30.9 Å². The van der Waals surface area contributed by atoms with Crippen LogP contribution in [-0.2, 0) is 11.2 Å². The predicted molar refractivity (Wildman–Crippen MR) is 111 cm³/mol. The van der Waals surface area contributed by atoms with Crippen LogP contribution in [0.3, 0.4) is 0 Å². The molecule has 0 aromatic heterocycles. The first-order valence-electron chi connectivity index (χ1n) is 9.64. The molecule has 0 bridgehead atoms. The number of hydrogen-bond acceptors (Lipinski definition) is 2. The van der Waals surface area contributed by atoms with E-state index in [1.54, 1.807) is 0 Å². The highest BCUT2D eigenvalue weighted by Crippen LogP contribution is 2.22. The zero-order chi connectivity index (χ0) is 19.1. The number of benzene rings is 3. The lowest BCUT2D eigenvalue weighted by Crippen LogP contribution is -2.38. The van der Waals surface area contributed by atoms with Gasteiger partial charge < -0.3 is 10.1 Å².